The van der Waals surface area contributed by atoms with Crippen molar-refractivity contribution in [3.05, 3.63) is 33.9 Å². The molecule has 1 rings (SSSR count). The van der Waals surface area contributed by atoms with Crippen LogP contribution in [0.1, 0.15) is 26.3 Å². The fourth-order valence-electron chi connectivity index (χ4n) is 1.20. The third kappa shape index (κ3) is 2.70. The first kappa shape index (κ1) is 12.0. The molecule has 0 aromatic heterocycles. The summed E-state index contributed by atoms with van der Waals surface area (Å²) >= 11 is 0. The highest BCUT2D eigenvalue weighted by Gasteiger charge is 2.21. The SMILES string of the molecule is CC(C)(C)Oc1cccc([N+](=O)[O-])c1C#N. The molecule has 0 saturated carbocycles. The highest BCUT2D eigenvalue weighted by molar-refractivity contribution is 5.56. The van der Waals surface area contributed by atoms with E-state index in [1.165, 1.54) is 12.1 Å². The van der Waals surface area contributed by atoms with Gasteiger partial charge in [-0.3, -0.25) is 10.1 Å². The predicted molar refractivity (Wildman–Crippen MR) is 58.2 cm³/mol. The molecule has 0 fully saturated rings. The molecule has 84 valence electrons. The van der Waals surface area contributed by atoms with Gasteiger partial charge in [0.05, 0.1) is 4.92 Å². The number of nitriles is 1. The lowest BCUT2D eigenvalue weighted by Crippen LogP contribution is -2.23. The number of ether oxygens (including phenoxy) is 1. The van der Waals surface area contributed by atoms with Crippen LogP contribution < -0.4 is 4.74 Å². The molecule has 5 heteroatoms. The van der Waals surface area contributed by atoms with Crippen molar-refractivity contribution in [2.45, 2.75) is 26.4 Å². The Hall–Kier alpha value is -2.09. The Morgan fingerprint density at radius 1 is 1.44 bits per heavy atom. The largest absolute Gasteiger partial charge is 0.486 e. The highest BCUT2D eigenvalue weighted by atomic mass is 16.6. The van der Waals surface area contributed by atoms with Crippen molar-refractivity contribution in [1.29, 1.82) is 5.26 Å². The third-order valence-electron chi connectivity index (χ3n) is 1.73. The van der Waals surface area contributed by atoms with Gasteiger partial charge in [0, 0.05) is 6.07 Å². The zero-order valence-electron chi connectivity index (χ0n) is 9.35. The summed E-state index contributed by atoms with van der Waals surface area (Å²) in [6.45, 7) is 5.44. The lowest BCUT2D eigenvalue weighted by Gasteiger charge is -2.21. The minimum Gasteiger partial charge on any atom is -0.486 e. The lowest BCUT2D eigenvalue weighted by atomic mass is 10.1. The topological polar surface area (TPSA) is 76.2 Å². The number of hydrogen-bond acceptors (Lipinski definition) is 4. The second-order valence-electron chi connectivity index (χ2n) is 4.23. The molecule has 0 unspecified atom stereocenters. The summed E-state index contributed by atoms with van der Waals surface area (Å²) in [5, 5.41) is 19.6. The van der Waals surface area contributed by atoms with Crippen molar-refractivity contribution in [2.24, 2.45) is 0 Å². The Morgan fingerprint density at radius 2 is 2.06 bits per heavy atom. The van der Waals surface area contributed by atoms with Gasteiger partial charge in [-0.05, 0) is 26.8 Å². The maximum Gasteiger partial charge on any atom is 0.290 e. The van der Waals surface area contributed by atoms with Crippen molar-refractivity contribution >= 4 is 5.69 Å². The molecule has 0 atom stereocenters. The standard InChI is InChI=1S/C11H12N2O3/c1-11(2,3)16-10-6-4-5-9(13(14)15)8(10)7-12/h4-6H,1-3H3. The van der Waals surface area contributed by atoms with Crippen LogP contribution >= 0.6 is 0 Å². The predicted octanol–water partition coefficient (Wildman–Crippen LogP) is 2.64. The maximum absolute atomic E-state index is 10.7. The molecule has 5 nitrogen and oxygen atoms in total. The van der Waals surface area contributed by atoms with Gasteiger partial charge in [0.1, 0.15) is 17.4 Å². The molecule has 0 aliphatic carbocycles. The lowest BCUT2D eigenvalue weighted by molar-refractivity contribution is -0.385. The van der Waals surface area contributed by atoms with E-state index in [9.17, 15) is 10.1 Å². The van der Waals surface area contributed by atoms with Gasteiger partial charge < -0.3 is 4.74 Å². The van der Waals surface area contributed by atoms with Gasteiger partial charge in [-0.15, -0.1) is 0 Å². The Kier molecular flexibility index (Phi) is 3.14. The van der Waals surface area contributed by atoms with Crippen LogP contribution in [-0.4, -0.2) is 10.5 Å². The highest BCUT2D eigenvalue weighted by Crippen LogP contribution is 2.29. The average molecular weight is 220 g/mol. The molecule has 0 radical (unpaired) electrons. The molecular weight excluding hydrogens is 208 g/mol. The number of hydrogen-bond donors (Lipinski definition) is 0. The van der Waals surface area contributed by atoms with Crippen molar-refractivity contribution in [3.63, 3.8) is 0 Å². The molecule has 0 heterocycles. The number of nitro benzene ring substituents is 1. The van der Waals surface area contributed by atoms with Crippen LogP contribution in [0, 0.1) is 21.4 Å². The van der Waals surface area contributed by atoms with E-state index in [1.807, 2.05) is 20.8 Å². The molecule has 1 aromatic rings. The minimum absolute atomic E-state index is 0.0394. The number of nitrogens with zero attached hydrogens (tertiary/aromatic N) is 2. The molecular formula is C11H12N2O3. The maximum atomic E-state index is 10.7. The van der Waals surface area contributed by atoms with Gasteiger partial charge in [0.15, 0.2) is 5.56 Å². The van der Waals surface area contributed by atoms with Crippen molar-refractivity contribution in [2.75, 3.05) is 0 Å². The van der Waals surface area contributed by atoms with Crippen molar-refractivity contribution in [3.8, 4) is 11.8 Å². The molecule has 16 heavy (non-hydrogen) atoms. The second kappa shape index (κ2) is 4.19. The summed E-state index contributed by atoms with van der Waals surface area (Å²) in [6.07, 6.45) is 0. The first-order valence-corrected chi connectivity index (χ1v) is 4.71. The summed E-state index contributed by atoms with van der Waals surface area (Å²) in [5.74, 6) is 0.240. The van der Waals surface area contributed by atoms with Crippen LogP contribution in [0.3, 0.4) is 0 Å². The molecule has 0 spiro atoms. The third-order valence-corrected chi connectivity index (χ3v) is 1.73. The van der Waals surface area contributed by atoms with Gasteiger partial charge in [0.2, 0.25) is 0 Å². The van der Waals surface area contributed by atoms with Gasteiger partial charge in [-0.2, -0.15) is 5.26 Å². The fourth-order valence-corrected chi connectivity index (χ4v) is 1.20. The summed E-state index contributed by atoms with van der Waals surface area (Å²) in [6, 6.07) is 6.14. The Labute approximate surface area is 93.4 Å². The summed E-state index contributed by atoms with van der Waals surface area (Å²) in [7, 11) is 0. The quantitative estimate of drug-likeness (QED) is 0.567. The monoisotopic (exact) mass is 220 g/mol. The van der Waals surface area contributed by atoms with Gasteiger partial charge in [0.25, 0.3) is 5.69 Å². The van der Waals surface area contributed by atoms with E-state index >= 15 is 0 Å². The van der Waals surface area contributed by atoms with Crippen LogP contribution in [0.25, 0.3) is 0 Å². The van der Waals surface area contributed by atoms with Gasteiger partial charge >= 0.3 is 0 Å². The summed E-state index contributed by atoms with van der Waals surface area (Å²) in [4.78, 5) is 10.1. The van der Waals surface area contributed by atoms with E-state index in [-0.39, 0.29) is 17.0 Å². The first-order valence-electron chi connectivity index (χ1n) is 4.71. The van der Waals surface area contributed by atoms with E-state index in [4.69, 9.17) is 10.00 Å². The molecule has 0 aliphatic rings. The van der Waals surface area contributed by atoms with E-state index in [2.05, 4.69) is 0 Å². The Bertz CT molecular complexity index is 455. The molecule has 0 aliphatic heterocycles. The van der Waals surface area contributed by atoms with Crippen LogP contribution in [0.5, 0.6) is 5.75 Å². The summed E-state index contributed by atoms with van der Waals surface area (Å²) < 4.78 is 5.49. The molecule has 1 aromatic carbocycles. The number of rotatable bonds is 2. The molecule has 0 bridgehead atoms. The van der Waals surface area contributed by atoms with Crippen molar-refractivity contribution < 1.29 is 9.66 Å². The zero-order valence-corrected chi connectivity index (χ0v) is 9.35. The fraction of sp³-hybridized carbons (Fsp3) is 0.364. The van der Waals surface area contributed by atoms with Crippen molar-refractivity contribution in [1.82, 2.24) is 0 Å². The van der Waals surface area contributed by atoms with Crippen LogP contribution in [0.4, 0.5) is 5.69 Å². The Morgan fingerprint density at radius 3 is 2.50 bits per heavy atom. The average Bonchev–Trinajstić information content (AvgIpc) is 2.14. The summed E-state index contributed by atoms with van der Waals surface area (Å²) in [5.41, 5.74) is -0.771. The van der Waals surface area contributed by atoms with Gasteiger partial charge in [-0.25, -0.2) is 0 Å². The number of benzene rings is 1. The van der Waals surface area contributed by atoms with Crippen LogP contribution in [-0.2, 0) is 0 Å². The minimum atomic E-state index is -0.589. The van der Waals surface area contributed by atoms with E-state index in [0.717, 1.165) is 0 Å². The molecule has 0 amide bonds. The first-order chi connectivity index (χ1) is 7.35. The number of nitro groups is 1. The van der Waals surface area contributed by atoms with E-state index in [0.29, 0.717) is 0 Å². The second-order valence-corrected chi connectivity index (χ2v) is 4.23. The smallest absolute Gasteiger partial charge is 0.290 e. The van der Waals surface area contributed by atoms with Gasteiger partial charge in [-0.1, -0.05) is 6.07 Å². The van der Waals surface area contributed by atoms with Crippen LogP contribution in [0.15, 0.2) is 18.2 Å². The molecule has 0 saturated heterocycles. The van der Waals surface area contributed by atoms with E-state index < -0.39 is 10.5 Å². The zero-order chi connectivity index (χ0) is 12.3. The van der Waals surface area contributed by atoms with Crippen LogP contribution in [0.2, 0.25) is 0 Å². The van der Waals surface area contributed by atoms with E-state index in [1.54, 1.807) is 12.1 Å². The molecule has 0 N–H and O–H groups in total. The Balaban J connectivity index is 3.26. The normalized spacial score (nSPS) is 10.6.